The molecule has 0 aliphatic rings. The number of hydrogen-bond donors (Lipinski definition) is 1. The van der Waals surface area contributed by atoms with Gasteiger partial charge >= 0.3 is 0 Å². The molecule has 1 heterocycles. The Balaban J connectivity index is 2.11. The lowest BCUT2D eigenvalue weighted by atomic mass is 10.4. The summed E-state index contributed by atoms with van der Waals surface area (Å²) in [6.07, 6.45) is 0. The van der Waals surface area contributed by atoms with E-state index in [0.29, 0.717) is 16.6 Å². The molecule has 0 saturated carbocycles. The third kappa shape index (κ3) is 3.11. The van der Waals surface area contributed by atoms with Crippen LogP contribution in [0, 0.1) is 12.7 Å². The molecule has 0 atom stereocenters. The zero-order chi connectivity index (χ0) is 13.1. The molecule has 1 aromatic heterocycles. The number of halogens is 2. The van der Waals surface area contributed by atoms with Gasteiger partial charge in [-0.3, -0.25) is 4.79 Å². The Bertz CT molecular complexity index is 612. The van der Waals surface area contributed by atoms with Gasteiger partial charge in [0.2, 0.25) is 5.82 Å². The number of aromatic amines is 1. The van der Waals surface area contributed by atoms with E-state index in [1.807, 2.05) is 12.1 Å². The van der Waals surface area contributed by atoms with Gasteiger partial charge < -0.3 is 4.98 Å². The number of thioether (sulfide) groups is 1. The van der Waals surface area contributed by atoms with Gasteiger partial charge in [-0.2, -0.15) is 4.39 Å². The minimum Gasteiger partial charge on any atom is -0.307 e. The summed E-state index contributed by atoms with van der Waals surface area (Å²) in [5.74, 6) is 0.104. The van der Waals surface area contributed by atoms with E-state index in [2.05, 4.69) is 9.97 Å². The van der Waals surface area contributed by atoms with Crippen LogP contribution in [0.4, 0.5) is 4.39 Å². The molecule has 94 valence electrons. The van der Waals surface area contributed by atoms with Crippen molar-refractivity contribution in [1.29, 1.82) is 0 Å². The Morgan fingerprint density at radius 1 is 1.39 bits per heavy atom. The smallest absolute Gasteiger partial charge is 0.287 e. The van der Waals surface area contributed by atoms with Crippen molar-refractivity contribution in [3.05, 3.63) is 57.0 Å². The average Bonchev–Trinajstić information content (AvgIpc) is 2.35. The highest BCUT2D eigenvalue weighted by Gasteiger charge is 2.07. The largest absolute Gasteiger partial charge is 0.307 e. The van der Waals surface area contributed by atoms with E-state index >= 15 is 0 Å². The van der Waals surface area contributed by atoms with Gasteiger partial charge in [-0.1, -0.05) is 11.6 Å². The highest BCUT2D eigenvalue weighted by Crippen LogP contribution is 2.22. The molecular formula is C12H10ClFN2OS. The SMILES string of the molecule is Cc1nc(CSc2ccc(Cl)cc2)[nH]c(=O)c1F. The second kappa shape index (κ2) is 5.54. The van der Waals surface area contributed by atoms with Gasteiger partial charge in [0.1, 0.15) is 5.82 Å². The van der Waals surface area contributed by atoms with E-state index in [4.69, 9.17) is 11.6 Å². The van der Waals surface area contributed by atoms with Gasteiger partial charge in [-0.15, -0.1) is 11.8 Å². The summed E-state index contributed by atoms with van der Waals surface area (Å²) in [5.41, 5.74) is -0.611. The fraction of sp³-hybridized carbons (Fsp3) is 0.167. The molecule has 18 heavy (non-hydrogen) atoms. The van der Waals surface area contributed by atoms with Gasteiger partial charge in [0.15, 0.2) is 0 Å². The highest BCUT2D eigenvalue weighted by molar-refractivity contribution is 7.98. The molecule has 0 aliphatic heterocycles. The van der Waals surface area contributed by atoms with Crippen molar-refractivity contribution in [2.75, 3.05) is 0 Å². The number of H-pyrrole nitrogens is 1. The fourth-order valence-corrected chi connectivity index (χ4v) is 2.28. The van der Waals surface area contributed by atoms with Crippen molar-refractivity contribution >= 4 is 23.4 Å². The van der Waals surface area contributed by atoms with Crippen LogP contribution >= 0.6 is 23.4 Å². The molecular weight excluding hydrogens is 275 g/mol. The molecule has 3 nitrogen and oxygen atoms in total. The van der Waals surface area contributed by atoms with Gasteiger partial charge in [0.25, 0.3) is 5.56 Å². The Hall–Kier alpha value is -1.33. The number of benzene rings is 1. The lowest BCUT2D eigenvalue weighted by molar-refractivity contribution is 0.584. The molecule has 1 aromatic carbocycles. The van der Waals surface area contributed by atoms with Crippen molar-refractivity contribution in [2.45, 2.75) is 17.6 Å². The van der Waals surface area contributed by atoms with Crippen LogP contribution in [0.5, 0.6) is 0 Å². The van der Waals surface area contributed by atoms with E-state index < -0.39 is 11.4 Å². The Labute approximate surface area is 112 Å². The summed E-state index contributed by atoms with van der Waals surface area (Å²) < 4.78 is 13.1. The summed E-state index contributed by atoms with van der Waals surface area (Å²) in [5, 5.41) is 0.670. The van der Waals surface area contributed by atoms with Crippen LogP contribution in [0.15, 0.2) is 34.0 Å². The Kier molecular flexibility index (Phi) is 4.04. The molecule has 1 N–H and O–H groups in total. The molecule has 0 amide bonds. The second-order valence-electron chi connectivity index (χ2n) is 3.65. The quantitative estimate of drug-likeness (QED) is 0.881. The molecule has 2 aromatic rings. The third-order valence-corrected chi connectivity index (χ3v) is 3.54. The van der Waals surface area contributed by atoms with E-state index in [1.165, 1.54) is 18.7 Å². The second-order valence-corrected chi connectivity index (χ2v) is 5.14. The molecule has 0 bridgehead atoms. The summed E-state index contributed by atoms with van der Waals surface area (Å²) in [4.78, 5) is 18.6. The molecule has 0 radical (unpaired) electrons. The van der Waals surface area contributed by atoms with Gasteiger partial charge in [-0.05, 0) is 31.2 Å². The first-order valence-corrected chi connectivity index (χ1v) is 6.56. The predicted molar refractivity (Wildman–Crippen MR) is 70.6 cm³/mol. The molecule has 0 saturated heterocycles. The van der Waals surface area contributed by atoms with Crippen molar-refractivity contribution < 1.29 is 4.39 Å². The maximum Gasteiger partial charge on any atom is 0.287 e. The first-order valence-electron chi connectivity index (χ1n) is 5.20. The monoisotopic (exact) mass is 284 g/mol. The normalized spacial score (nSPS) is 10.6. The van der Waals surface area contributed by atoms with Crippen LogP contribution in [0.1, 0.15) is 11.5 Å². The summed E-state index contributed by atoms with van der Waals surface area (Å²) in [6, 6.07) is 7.33. The number of nitrogens with zero attached hydrogens (tertiary/aromatic N) is 1. The molecule has 0 aliphatic carbocycles. The number of nitrogens with one attached hydrogen (secondary N) is 1. The predicted octanol–water partition coefficient (Wildman–Crippen LogP) is 3.16. The van der Waals surface area contributed by atoms with E-state index in [1.54, 1.807) is 12.1 Å². The highest BCUT2D eigenvalue weighted by atomic mass is 35.5. The molecule has 0 unspecified atom stereocenters. The van der Waals surface area contributed by atoms with Crippen LogP contribution in [-0.4, -0.2) is 9.97 Å². The van der Waals surface area contributed by atoms with Crippen molar-refractivity contribution in [2.24, 2.45) is 0 Å². The van der Waals surface area contributed by atoms with E-state index in [0.717, 1.165) is 4.90 Å². The van der Waals surface area contributed by atoms with Crippen molar-refractivity contribution in [3.8, 4) is 0 Å². The summed E-state index contributed by atoms with van der Waals surface area (Å²) >= 11 is 7.27. The van der Waals surface area contributed by atoms with Gasteiger partial charge in [0.05, 0.1) is 11.4 Å². The van der Waals surface area contributed by atoms with Gasteiger partial charge in [0, 0.05) is 9.92 Å². The Morgan fingerprint density at radius 3 is 2.67 bits per heavy atom. The van der Waals surface area contributed by atoms with Crippen LogP contribution in [0.2, 0.25) is 5.02 Å². The van der Waals surface area contributed by atoms with Gasteiger partial charge in [-0.25, -0.2) is 4.98 Å². The van der Waals surface area contributed by atoms with E-state index in [9.17, 15) is 9.18 Å². The average molecular weight is 285 g/mol. The molecule has 0 spiro atoms. The lowest BCUT2D eigenvalue weighted by Gasteiger charge is -2.03. The zero-order valence-corrected chi connectivity index (χ0v) is 11.1. The third-order valence-electron chi connectivity index (χ3n) is 2.27. The number of hydrogen-bond acceptors (Lipinski definition) is 3. The fourth-order valence-electron chi connectivity index (χ4n) is 1.38. The first kappa shape index (κ1) is 13.1. The van der Waals surface area contributed by atoms with E-state index in [-0.39, 0.29) is 5.69 Å². The van der Waals surface area contributed by atoms with Crippen molar-refractivity contribution in [3.63, 3.8) is 0 Å². The topological polar surface area (TPSA) is 45.8 Å². The number of aryl methyl sites for hydroxylation is 1. The van der Waals surface area contributed by atoms with Crippen molar-refractivity contribution in [1.82, 2.24) is 9.97 Å². The minimum atomic E-state index is -0.824. The number of rotatable bonds is 3. The molecule has 0 fully saturated rings. The first-order chi connectivity index (χ1) is 8.56. The van der Waals surface area contributed by atoms with Crippen LogP contribution < -0.4 is 5.56 Å². The zero-order valence-electron chi connectivity index (χ0n) is 9.54. The molecule has 2 rings (SSSR count). The number of aromatic nitrogens is 2. The Morgan fingerprint density at radius 2 is 2.06 bits per heavy atom. The molecule has 6 heteroatoms. The lowest BCUT2D eigenvalue weighted by Crippen LogP contribution is -2.16. The maximum atomic E-state index is 13.1. The summed E-state index contributed by atoms with van der Waals surface area (Å²) in [6.45, 7) is 1.47. The minimum absolute atomic E-state index is 0.116. The van der Waals surface area contributed by atoms with Crippen LogP contribution in [0.25, 0.3) is 0 Å². The summed E-state index contributed by atoms with van der Waals surface area (Å²) in [7, 11) is 0. The standard InChI is InChI=1S/C12H10ClFN2OS/c1-7-11(14)12(17)16-10(15-7)6-18-9-4-2-8(13)3-5-9/h2-5H,6H2,1H3,(H,15,16,17). The van der Waals surface area contributed by atoms with Crippen LogP contribution in [0.3, 0.4) is 0 Å². The van der Waals surface area contributed by atoms with Crippen LogP contribution in [-0.2, 0) is 5.75 Å². The maximum absolute atomic E-state index is 13.1.